The van der Waals surface area contributed by atoms with Crippen LogP contribution in [0.25, 0.3) is 0 Å². The van der Waals surface area contributed by atoms with Crippen LogP contribution in [-0.4, -0.2) is 26.2 Å². The SMILES string of the molecule is CC(C)Oc1cc(N(c2nc(N)c(Cl)cc2[N+](=O)[O-])[C@@H](C)c2ccc(F)cc2)[nH]n1. The van der Waals surface area contributed by atoms with Gasteiger partial charge in [-0.3, -0.25) is 20.1 Å². The average molecular weight is 435 g/mol. The minimum Gasteiger partial charge on any atom is -0.474 e. The van der Waals surface area contributed by atoms with Gasteiger partial charge < -0.3 is 10.5 Å². The highest BCUT2D eigenvalue weighted by Gasteiger charge is 2.30. The summed E-state index contributed by atoms with van der Waals surface area (Å²) in [5.41, 5.74) is 6.18. The molecule has 9 nitrogen and oxygen atoms in total. The smallest absolute Gasteiger partial charge is 0.313 e. The highest BCUT2D eigenvalue weighted by atomic mass is 35.5. The number of aromatic amines is 1. The zero-order chi connectivity index (χ0) is 22.0. The molecule has 0 bridgehead atoms. The van der Waals surface area contributed by atoms with Crippen molar-refractivity contribution >= 4 is 34.7 Å². The maximum Gasteiger partial charge on any atom is 0.313 e. The third-order valence-corrected chi connectivity index (χ3v) is 4.59. The Morgan fingerprint density at radius 2 is 1.93 bits per heavy atom. The minimum atomic E-state index is -0.597. The number of hydrogen-bond acceptors (Lipinski definition) is 7. The zero-order valence-electron chi connectivity index (χ0n) is 16.5. The fourth-order valence-corrected chi connectivity index (χ4v) is 3.06. The third-order valence-electron chi connectivity index (χ3n) is 4.29. The van der Waals surface area contributed by atoms with E-state index in [-0.39, 0.29) is 28.4 Å². The van der Waals surface area contributed by atoms with Crippen molar-refractivity contribution in [3.05, 3.63) is 62.9 Å². The second-order valence-corrected chi connectivity index (χ2v) is 7.22. The molecule has 0 aliphatic rings. The Balaban J connectivity index is 2.17. The van der Waals surface area contributed by atoms with Crippen LogP contribution in [0.4, 0.5) is 27.5 Å². The van der Waals surface area contributed by atoms with Crippen molar-refractivity contribution in [1.82, 2.24) is 15.2 Å². The average Bonchev–Trinajstić information content (AvgIpc) is 3.12. The van der Waals surface area contributed by atoms with E-state index in [4.69, 9.17) is 22.1 Å². The lowest BCUT2D eigenvalue weighted by molar-refractivity contribution is -0.384. The summed E-state index contributed by atoms with van der Waals surface area (Å²) in [4.78, 5) is 16.8. The van der Waals surface area contributed by atoms with Gasteiger partial charge in [0.05, 0.1) is 22.1 Å². The second-order valence-electron chi connectivity index (χ2n) is 6.81. The van der Waals surface area contributed by atoms with Crippen molar-refractivity contribution in [2.24, 2.45) is 0 Å². The molecule has 11 heteroatoms. The third kappa shape index (κ3) is 4.43. The number of pyridine rings is 1. The molecule has 0 spiro atoms. The molecule has 158 valence electrons. The fraction of sp³-hybridized carbons (Fsp3) is 0.263. The number of nitrogens with two attached hydrogens (primary N) is 1. The molecule has 0 fully saturated rings. The lowest BCUT2D eigenvalue weighted by atomic mass is 10.1. The largest absolute Gasteiger partial charge is 0.474 e. The van der Waals surface area contributed by atoms with Gasteiger partial charge in [0.1, 0.15) is 17.5 Å². The van der Waals surface area contributed by atoms with Crippen molar-refractivity contribution in [3.63, 3.8) is 0 Å². The highest BCUT2D eigenvalue weighted by molar-refractivity contribution is 6.33. The molecule has 3 aromatic rings. The number of benzene rings is 1. The molecule has 1 atom stereocenters. The molecule has 0 saturated carbocycles. The Kier molecular flexibility index (Phi) is 6.06. The van der Waals surface area contributed by atoms with E-state index >= 15 is 0 Å². The van der Waals surface area contributed by atoms with Crippen LogP contribution < -0.4 is 15.4 Å². The number of nitrogens with one attached hydrogen (secondary N) is 1. The van der Waals surface area contributed by atoms with Gasteiger partial charge in [0.15, 0.2) is 0 Å². The maximum absolute atomic E-state index is 13.4. The summed E-state index contributed by atoms with van der Waals surface area (Å²) in [5.74, 6) is 0.178. The van der Waals surface area contributed by atoms with Crippen LogP contribution in [0.5, 0.6) is 5.88 Å². The standard InChI is InChI=1S/C19H20ClFN6O3/c1-10(2)30-17-9-16(24-25-17)26(11(3)12-4-6-13(21)7-5-12)19-15(27(28)29)8-14(20)18(22)23-19/h4-11H,1-3H3,(H2,22,23)(H,24,25)/t11-/m0/s1. The first kappa shape index (κ1) is 21.3. The molecule has 0 aliphatic carbocycles. The molecule has 0 saturated heterocycles. The summed E-state index contributed by atoms with van der Waals surface area (Å²) < 4.78 is 19.0. The number of ether oxygens (including phenoxy) is 1. The summed E-state index contributed by atoms with van der Waals surface area (Å²) in [6, 6.07) is 8.01. The van der Waals surface area contributed by atoms with Gasteiger partial charge in [-0.2, -0.15) is 0 Å². The molecule has 3 rings (SSSR count). The van der Waals surface area contributed by atoms with Crippen LogP contribution in [0.15, 0.2) is 36.4 Å². The predicted molar refractivity (Wildman–Crippen MR) is 112 cm³/mol. The van der Waals surface area contributed by atoms with Crippen molar-refractivity contribution in [1.29, 1.82) is 0 Å². The summed E-state index contributed by atoms with van der Waals surface area (Å²) in [7, 11) is 0. The van der Waals surface area contributed by atoms with Crippen LogP contribution in [0, 0.1) is 15.9 Å². The number of rotatable bonds is 7. The first-order valence-electron chi connectivity index (χ1n) is 9.04. The molecular formula is C19H20ClFN6O3. The summed E-state index contributed by atoms with van der Waals surface area (Å²) in [6.45, 7) is 5.48. The van der Waals surface area contributed by atoms with E-state index in [1.54, 1.807) is 25.1 Å². The van der Waals surface area contributed by atoms with E-state index < -0.39 is 16.8 Å². The van der Waals surface area contributed by atoms with Gasteiger partial charge in [-0.05, 0) is 38.5 Å². The molecule has 1 aromatic carbocycles. The Bertz CT molecular complexity index is 1060. The molecule has 30 heavy (non-hydrogen) atoms. The number of nitro groups is 1. The van der Waals surface area contributed by atoms with E-state index in [9.17, 15) is 14.5 Å². The maximum atomic E-state index is 13.4. The predicted octanol–water partition coefficient (Wildman–Crippen LogP) is 4.77. The van der Waals surface area contributed by atoms with Crippen molar-refractivity contribution < 1.29 is 14.1 Å². The van der Waals surface area contributed by atoms with Gasteiger partial charge in [0, 0.05) is 12.1 Å². The van der Waals surface area contributed by atoms with Gasteiger partial charge >= 0.3 is 5.69 Å². The Morgan fingerprint density at radius 1 is 1.27 bits per heavy atom. The van der Waals surface area contributed by atoms with E-state index in [0.717, 1.165) is 6.07 Å². The number of nitrogen functional groups attached to an aromatic ring is 1. The van der Waals surface area contributed by atoms with Crippen molar-refractivity contribution in [2.45, 2.75) is 32.9 Å². The highest BCUT2D eigenvalue weighted by Crippen LogP contribution is 2.41. The molecular weight excluding hydrogens is 415 g/mol. The molecule has 0 unspecified atom stereocenters. The van der Waals surface area contributed by atoms with Crippen LogP contribution in [0.3, 0.4) is 0 Å². The van der Waals surface area contributed by atoms with Gasteiger partial charge in [0.2, 0.25) is 11.7 Å². The van der Waals surface area contributed by atoms with E-state index in [0.29, 0.717) is 17.3 Å². The van der Waals surface area contributed by atoms with Gasteiger partial charge in [-0.25, -0.2) is 9.37 Å². The number of hydrogen-bond donors (Lipinski definition) is 2. The molecule has 0 amide bonds. The second kappa shape index (κ2) is 8.54. The topological polar surface area (TPSA) is 123 Å². The minimum absolute atomic E-state index is 0.0340. The molecule has 0 aliphatic heterocycles. The molecule has 0 radical (unpaired) electrons. The van der Waals surface area contributed by atoms with Crippen LogP contribution in [0.2, 0.25) is 5.02 Å². The fourth-order valence-electron chi connectivity index (χ4n) is 2.91. The summed E-state index contributed by atoms with van der Waals surface area (Å²) in [5, 5.41) is 18.6. The summed E-state index contributed by atoms with van der Waals surface area (Å²) >= 11 is 5.96. The van der Waals surface area contributed by atoms with Gasteiger partial charge in [-0.15, -0.1) is 5.10 Å². The van der Waals surface area contributed by atoms with Gasteiger partial charge in [-0.1, -0.05) is 23.7 Å². The van der Waals surface area contributed by atoms with Gasteiger partial charge in [0.25, 0.3) is 0 Å². The Morgan fingerprint density at radius 3 is 2.53 bits per heavy atom. The first-order chi connectivity index (χ1) is 14.2. The first-order valence-corrected chi connectivity index (χ1v) is 9.42. The Hall–Kier alpha value is -3.40. The number of nitrogens with zero attached hydrogens (tertiary/aromatic N) is 4. The van der Waals surface area contributed by atoms with Crippen molar-refractivity contribution in [3.8, 4) is 5.88 Å². The van der Waals surface area contributed by atoms with E-state index in [2.05, 4.69) is 15.2 Å². The lowest BCUT2D eigenvalue weighted by Gasteiger charge is -2.29. The summed E-state index contributed by atoms with van der Waals surface area (Å²) in [6.07, 6.45) is -0.122. The van der Waals surface area contributed by atoms with E-state index in [1.165, 1.54) is 17.0 Å². The monoisotopic (exact) mass is 434 g/mol. The molecule has 2 aromatic heterocycles. The van der Waals surface area contributed by atoms with Crippen LogP contribution >= 0.6 is 11.6 Å². The molecule has 2 heterocycles. The molecule has 3 N–H and O–H groups in total. The van der Waals surface area contributed by atoms with E-state index in [1.807, 2.05) is 13.8 Å². The number of H-pyrrole nitrogens is 1. The quantitative estimate of drug-likeness (QED) is 0.405. The van der Waals surface area contributed by atoms with Crippen molar-refractivity contribution in [2.75, 3.05) is 10.6 Å². The van der Waals surface area contributed by atoms with Crippen LogP contribution in [-0.2, 0) is 0 Å². The Labute approximate surface area is 176 Å². The lowest BCUT2D eigenvalue weighted by Crippen LogP contribution is -2.24. The number of anilines is 3. The van der Waals surface area contributed by atoms with Crippen LogP contribution in [0.1, 0.15) is 32.4 Å². The number of halogens is 2. The number of aromatic nitrogens is 3. The zero-order valence-corrected chi connectivity index (χ0v) is 17.2. The normalized spacial score (nSPS) is 12.1.